The monoisotopic (exact) mass is 253 g/mol. The highest BCUT2D eigenvalue weighted by atomic mass is 19.4. The third-order valence-electron chi connectivity index (χ3n) is 3.80. The molecule has 104 valence electrons. The summed E-state index contributed by atoms with van der Waals surface area (Å²) in [7, 11) is 0. The maximum absolute atomic E-state index is 12.4. The molecule has 0 rings (SSSR count). The van der Waals surface area contributed by atoms with E-state index in [9.17, 15) is 13.2 Å². The summed E-state index contributed by atoms with van der Waals surface area (Å²) in [5, 5.41) is 2.63. The Hall–Kier alpha value is -0.250. The molecule has 0 aliphatic carbocycles. The number of hydrogen-bond donors (Lipinski definition) is 1. The predicted molar refractivity (Wildman–Crippen MR) is 66.0 cm³/mol. The van der Waals surface area contributed by atoms with E-state index in [4.69, 9.17) is 0 Å². The van der Waals surface area contributed by atoms with Gasteiger partial charge in [-0.05, 0) is 24.7 Å². The van der Waals surface area contributed by atoms with Gasteiger partial charge in [-0.15, -0.1) is 0 Å². The molecular weight excluding hydrogens is 227 g/mol. The molecule has 0 saturated heterocycles. The fraction of sp³-hybridized carbons (Fsp3) is 1.00. The first-order valence-electron chi connectivity index (χ1n) is 6.43. The molecule has 2 atom stereocenters. The summed E-state index contributed by atoms with van der Waals surface area (Å²) in [6, 6.07) is -1.43. The second kappa shape index (κ2) is 6.62. The highest BCUT2D eigenvalue weighted by Crippen LogP contribution is 2.33. The maximum atomic E-state index is 12.4. The molecule has 0 spiro atoms. The van der Waals surface area contributed by atoms with E-state index in [1.807, 2.05) is 0 Å². The van der Waals surface area contributed by atoms with Crippen LogP contribution in [-0.4, -0.2) is 18.8 Å². The standard InChI is InChI=1S/C13H26F3N/c1-6-7-8-12(5,10(2)3)9-17-11(4)13(14,15)16/h10-11,17H,6-9H2,1-5H3/t11-,12+/m0/s1. The molecule has 0 unspecified atom stereocenters. The zero-order chi connectivity index (χ0) is 13.7. The van der Waals surface area contributed by atoms with Crippen LogP contribution < -0.4 is 5.32 Å². The van der Waals surface area contributed by atoms with Gasteiger partial charge >= 0.3 is 6.18 Å². The number of hydrogen-bond acceptors (Lipinski definition) is 1. The summed E-state index contributed by atoms with van der Waals surface area (Å²) in [5.74, 6) is 0.377. The lowest BCUT2D eigenvalue weighted by atomic mass is 9.75. The van der Waals surface area contributed by atoms with Gasteiger partial charge in [0.05, 0.1) is 0 Å². The lowest BCUT2D eigenvalue weighted by molar-refractivity contribution is -0.153. The molecule has 0 bridgehead atoms. The topological polar surface area (TPSA) is 12.0 Å². The molecule has 1 N–H and O–H groups in total. The van der Waals surface area contributed by atoms with Crippen molar-refractivity contribution in [2.45, 2.75) is 66.1 Å². The molecule has 0 fully saturated rings. The van der Waals surface area contributed by atoms with Crippen LogP contribution in [0.2, 0.25) is 0 Å². The first kappa shape index (κ1) is 16.8. The van der Waals surface area contributed by atoms with Crippen LogP contribution in [0.15, 0.2) is 0 Å². The van der Waals surface area contributed by atoms with Crippen molar-refractivity contribution in [2.24, 2.45) is 11.3 Å². The van der Waals surface area contributed by atoms with Crippen molar-refractivity contribution >= 4 is 0 Å². The lowest BCUT2D eigenvalue weighted by Crippen LogP contribution is -2.46. The van der Waals surface area contributed by atoms with E-state index < -0.39 is 12.2 Å². The zero-order valence-electron chi connectivity index (χ0n) is 11.6. The highest BCUT2D eigenvalue weighted by molar-refractivity contribution is 4.82. The highest BCUT2D eigenvalue weighted by Gasteiger charge is 2.37. The third-order valence-corrected chi connectivity index (χ3v) is 3.80. The molecule has 4 heteroatoms. The number of rotatable bonds is 7. The summed E-state index contributed by atoms with van der Waals surface area (Å²) < 4.78 is 37.2. The molecule has 0 aliphatic rings. The first-order chi connectivity index (χ1) is 7.63. The summed E-state index contributed by atoms with van der Waals surface area (Å²) in [4.78, 5) is 0. The van der Waals surface area contributed by atoms with E-state index in [1.54, 1.807) is 0 Å². The average Bonchev–Trinajstić information content (AvgIpc) is 2.21. The van der Waals surface area contributed by atoms with E-state index in [2.05, 4.69) is 33.0 Å². The Kier molecular flexibility index (Phi) is 6.52. The molecule has 0 radical (unpaired) electrons. The van der Waals surface area contributed by atoms with Gasteiger partial charge in [0.2, 0.25) is 0 Å². The molecule has 1 nitrogen and oxygen atoms in total. The lowest BCUT2D eigenvalue weighted by Gasteiger charge is -2.35. The zero-order valence-corrected chi connectivity index (χ0v) is 11.6. The Morgan fingerprint density at radius 2 is 1.65 bits per heavy atom. The normalized spacial score (nSPS) is 18.2. The van der Waals surface area contributed by atoms with Crippen molar-refractivity contribution < 1.29 is 13.2 Å². The van der Waals surface area contributed by atoms with E-state index >= 15 is 0 Å². The van der Waals surface area contributed by atoms with Gasteiger partial charge in [-0.2, -0.15) is 13.2 Å². The Labute approximate surface area is 103 Å². The fourth-order valence-corrected chi connectivity index (χ4v) is 1.66. The SMILES string of the molecule is CCCC[C@](C)(CN[C@@H](C)C(F)(F)F)C(C)C. The minimum Gasteiger partial charge on any atom is -0.306 e. The van der Waals surface area contributed by atoms with Crippen LogP contribution in [0.3, 0.4) is 0 Å². The van der Waals surface area contributed by atoms with Gasteiger partial charge in [0, 0.05) is 6.54 Å². The van der Waals surface area contributed by atoms with Crippen molar-refractivity contribution in [3.63, 3.8) is 0 Å². The third kappa shape index (κ3) is 5.75. The molecule has 0 aromatic carbocycles. The van der Waals surface area contributed by atoms with Crippen LogP contribution in [0.25, 0.3) is 0 Å². The van der Waals surface area contributed by atoms with E-state index in [1.165, 1.54) is 6.92 Å². The number of halogens is 3. The average molecular weight is 253 g/mol. The van der Waals surface area contributed by atoms with Gasteiger partial charge in [0.15, 0.2) is 0 Å². The van der Waals surface area contributed by atoms with Gasteiger partial charge < -0.3 is 5.32 Å². The molecule has 17 heavy (non-hydrogen) atoms. The molecular formula is C13H26F3N. The number of unbranched alkanes of at least 4 members (excludes halogenated alkanes) is 1. The molecule has 0 aliphatic heterocycles. The van der Waals surface area contributed by atoms with Gasteiger partial charge in [0.1, 0.15) is 6.04 Å². The Balaban J connectivity index is 4.36. The fourth-order valence-electron chi connectivity index (χ4n) is 1.66. The summed E-state index contributed by atoms with van der Waals surface area (Å²) in [5.41, 5.74) is -0.0600. The Bertz CT molecular complexity index is 213. The van der Waals surface area contributed by atoms with Crippen LogP contribution >= 0.6 is 0 Å². The van der Waals surface area contributed by atoms with Crippen LogP contribution in [-0.2, 0) is 0 Å². The van der Waals surface area contributed by atoms with E-state index in [-0.39, 0.29) is 5.41 Å². The molecule has 0 aromatic rings. The van der Waals surface area contributed by atoms with Crippen molar-refractivity contribution in [1.29, 1.82) is 0 Å². The van der Waals surface area contributed by atoms with Crippen LogP contribution in [0.4, 0.5) is 13.2 Å². The largest absolute Gasteiger partial charge is 0.403 e. The van der Waals surface area contributed by atoms with E-state index in [0.29, 0.717) is 12.5 Å². The maximum Gasteiger partial charge on any atom is 0.403 e. The Morgan fingerprint density at radius 3 is 2.00 bits per heavy atom. The van der Waals surface area contributed by atoms with Crippen molar-refractivity contribution in [1.82, 2.24) is 5.32 Å². The number of nitrogens with one attached hydrogen (secondary N) is 1. The van der Waals surface area contributed by atoms with Crippen molar-refractivity contribution in [3.05, 3.63) is 0 Å². The first-order valence-corrected chi connectivity index (χ1v) is 6.43. The summed E-state index contributed by atoms with van der Waals surface area (Å²) in [6.45, 7) is 9.94. The second-order valence-corrected chi connectivity index (χ2v) is 5.56. The van der Waals surface area contributed by atoms with Gasteiger partial charge in [-0.25, -0.2) is 0 Å². The predicted octanol–water partition coefficient (Wildman–Crippen LogP) is 4.38. The minimum atomic E-state index is -4.15. The van der Waals surface area contributed by atoms with Crippen LogP contribution in [0, 0.1) is 11.3 Å². The van der Waals surface area contributed by atoms with Crippen LogP contribution in [0.5, 0.6) is 0 Å². The van der Waals surface area contributed by atoms with Gasteiger partial charge in [0.25, 0.3) is 0 Å². The Morgan fingerprint density at radius 1 is 1.12 bits per heavy atom. The van der Waals surface area contributed by atoms with E-state index in [0.717, 1.165) is 19.3 Å². The van der Waals surface area contributed by atoms with Crippen molar-refractivity contribution in [3.8, 4) is 0 Å². The van der Waals surface area contributed by atoms with Gasteiger partial charge in [-0.1, -0.05) is 40.5 Å². The number of alkyl halides is 3. The minimum absolute atomic E-state index is 0.0600. The molecule has 0 saturated carbocycles. The molecule has 0 heterocycles. The van der Waals surface area contributed by atoms with Gasteiger partial charge in [-0.3, -0.25) is 0 Å². The molecule has 0 aromatic heterocycles. The quantitative estimate of drug-likeness (QED) is 0.710. The summed E-state index contributed by atoms with van der Waals surface area (Å²) >= 11 is 0. The smallest absolute Gasteiger partial charge is 0.306 e. The van der Waals surface area contributed by atoms with Crippen LogP contribution in [0.1, 0.15) is 53.9 Å². The molecule has 0 amide bonds. The second-order valence-electron chi connectivity index (χ2n) is 5.56. The van der Waals surface area contributed by atoms with Crippen molar-refractivity contribution in [2.75, 3.05) is 6.54 Å². The summed E-state index contributed by atoms with van der Waals surface area (Å²) in [6.07, 6.45) is -1.03.